The highest BCUT2D eigenvalue weighted by atomic mass is 35.5. The summed E-state index contributed by atoms with van der Waals surface area (Å²) in [6, 6.07) is 7.44. The second-order valence-electron chi connectivity index (χ2n) is 6.32. The van der Waals surface area contributed by atoms with E-state index in [0.29, 0.717) is 30.4 Å². The Kier molecular flexibility index (Phi) is 6.18. The lowest BCUT2D eigenvalue weighted by atomic mass is 10.1. The molecular formula is C19H18ClN3O6. The van der Waals surface area contributed by atoms with Crippen LogP contribution in [-0.4, -0.2) is 36.0 Å². The molecule has 1 aliphatic heterocycles. The predicted molar refractivity (Wildman–Crippen MR) is 106 cm³/mol. The standard InChI is InChI=1S/C19H18ClN3O6/c1-11(21-19(25)12-4-2-5-13(8-12)23(26)27)18(24)22-15-10-17-16(9-14(15)20)28-6-3-7-29-17/h2,4-5,8-11H,3,6-7H2,1H3,(H,21,25)(H,22,24). The van der Waals surface area contributed by atoms with E-state index in [1.54, 1.807) is 12.1 Å². The second kappa shape index (κ2) is 8.78. The van der Waals surface area contributed by atoms with Gasteiger partial charge in [-0.2, -0.15) is 0 Å². The quantitative estimate of drug-likeness (QED) is 0.567. The van der Waals surface area contributed by atoms with E-state index in [9.17, 15) is 19.7 Å². The Bertz CT molecular complexity index is 965. The second-order valence-corrected chi connectivity index (χ2v) is 6.73. The van der Waals surface area contributed by atoms with E-state index in [4.69, 9.17) is 21.1 Å². The first-order valence-electron chi connectivity index (χ1n) is 8.80. The number of non-ortho nitro benzene ring substituents is 1. The number of hydrogen-bond donors (Lipinski definition) is 2. The average Bonchev–Trinajstić information content (AvgIpc) is 2.93. The fourth-order valence-electron chi connectivity index (χ4n) is 2.63. The number of nitro benzene ring substituents is 1. The molecule has 1 aliphatic rings. The van der Waals surface area contributed by atoms with Gasteiger partial charge in [0.25, 0.3) is 11.6 Å². The molecule has 0 bridgehead atoms. The minimum Gasteiger partial charge on any atom is -0.490 e. The number of carbonyl (C=O) groups excluding carboxylic acids is 2. The van der Waals surface area contributed by atoms with Crippen LogP contribution < -0.4 is 20.1 Å². The molecule has 29 heavy (non-hydrogen) atoms. The molecule has 152 valence electrons. The number of nitrogens with zero attached hydrogens (tertiary/aromatic N) is 1. The highest BCUT2D eigenvalue weighted by Crippen LogP contribution is 2.37. The first-order chi connectivity index (χ1) is 13.8. The van der Waals surface area contributed by atoms with Gasteiger partial charge < -0.3 is 20.1 Å². The molecule has 0 saturated heterocycles. The maximum absolute atomic E-state index is 12.5. The van der Waals surface area contributed by atoms with Gasteiger partial charge in [-0.05, 0) is 13.0 Å². The van der Waals surface area contributed by atoms with Gasteiger partial charge in [-0.3, -0.25) is 19.7 Å². The number of nitrogens with one attached hydrogen (secondary N) is 2. The average molecular weight is 420 g/mol. The van der Waals surface area contributed by atoms with Crippen LogP contribution in [0.1, 0.15) is 23.7 Å². The van der Waals surface area contributed by atoms with Crippen LogP contribution in [0.15, 0.2) is 36.4 Å². The summed E-state index contributed by atoms with van der Waals surface area (Å²) in [6.45, 7) is 2.48. The molecule has 1 unspecified atom stereocenters. The number of ether oxygens (including phenoxy) is 2. The van der Waals surface area contributed by atoms with E-state index >= 15 is 0 Å². The Hall–Kier alpha value is -3.33. The number of amides is 2. The molecule has 2 N–H and O–H groups in total. The van der Waals surface area contributed by atoms with Crippen LogP contribution in [0.2, 0.25) is 5.02 Å². The van der Waals surface area contributed by atoms with Crippen LogP contribution in [0.25, 0.3) is 0 Å². The lowest BCUT2D eigenvalue weighted by molar-refractivity contribution is -0.384. The highest BCUT2D eigenvalue weighted by molar-refractivity contribution is 6.34. The molecule has 0 aromatic heterocycles. The van der Waals surface area contributed by atoms with Gasteiger partial charge in [0.2, 0.25) is 5.91 Å². The Morgan fingerprint density at radius 2 is 1.86 bits per heavy atom. The van der Waals surface area contributed by atoms with Crippen LogP contribution in [0.4, 0.5) is 11.4 Å². The molecular weight excluding hydrogens is 402 g/mol. The Morgan fingerprint density at radius 3 is 2.55 bits per heavy atom. The molecule has 0 aliphatic carbocycles. The Balaban J connectivity index is 1.68. The number of hydrogen-bond acceptors (Lipinski definition) is 6. The zero-order valence-electron chi connectivity index (χ0n) is 15.4. The molecule has 0 radical (unpaired) electrons. The Labute approximate surface area is 171 Å². The van der Waals surface area contributed by atoms with Crippen molar-refractivity contribution >= 4 is 34.8 Å². The summed E-state index contributed by atoms with van der Waals surface area (Å²) >= 11 is 6.21. The van der Waals surface area contributed by atoms with Crippen molar-refractivity contribution in [1.82, 2.24) is 5.32 Å². The van der Waals surface area contributed by atoms with Crippen molar-refractivity contribution in [2.75, 3.05) is 18.5 Å². The van der Waals surface area contributed by atoms with Crippen molar-refractivity contribution in [3.63, 3.8) is 0 Å². The number of carbonyl (C=O) groups is 2. The van der Waals surface area contributed by atoms with Gasteiger partial charge in [0.1, 0.15) is 6.04 Å². The highest BCUT2D eigenvalue weighted by Gasteiger charge is 2.21. The largest absolute Gasteiger partial charge is 0.490 e. The lowest BCUT2D eigenvalue weighted by Gasteiger charge is -2.16. The number of nitro groups is 1. The van der Waals surface area contributed by atoms with E-state index in [0.717, 1.165) is 12.5 Å². The van der Waals surface area contributed by atoms with Crippen molar-refractivity contribution in [1.29, 1.82) is 0 Å². The van der Waals surface area contributed by atoms with Crippen molar-refractivity contribution < 1.29 is 24.0 Å². The number of fused-ring (bicyclic) bond motifs is 1. The van der Waals surface area contributed by atoms with Crippen molar-refractivity contribution in [3.8, 4) is 11.5 Å². The third-order valence-electron chi connectivity index (χ3n) is 4.16. The van der Waals surface area contributed by atoms with E-state index in [-0.39, 0.29) is 16.3 Å². The summed E-state index contributed by atoms with van der Waals surface area (Å²) in [6.07, 6.45) is 0.731. The lowest BCUT2D eigenvalue weighted by Crippen LogP contribution is -2.41. The summed E-state index contributed by atoms with van der Waals surface area (Å²) in [5.74, 6) is -0.158. The summed E-state index contributed by atoms with van der Waals surface area (Å²) < 4.78 is 11.1. The molecule has 3 rings (SSSR count). The molecule has 1 heterocycles. The number of anilines is 1. The molecule has 2 amide bonds. The maximum atomic E-state index is 12.5. The van der Waals surface area contributed by atoms with Crippen LogP contribution in [0.3, 0.4) is 0 Å². The smallest absolute Gasteiger partial charge is 0.270 e. The van der Waals surface area contributed by atoms with Crippen LogP contribution in [0.5, 0.6) is 11.5 Å². The fourth-order valence-corrected chi connectivity index (χ4v) is 2.83. The van der Waals surface area contributed by atoms with E-state index in [1.165, 1.54) is 25.1 Å². The summed E-state index contributed by atoms with van der Waals surface area (Å²) in [4.78, 5) is 35.0. The zero-order chi connectivity index (χ0) is 21.0. The normalized spacial score (nSPS) is 13.7. The van der Waals surface area contributed by atoms with Crippen LogP contribution in [-0.2, 0) is 4.79 Å². The van der Waals surface area contributed by atoms with Gasteiger partial charge in [-0.25, -0.2) is 0 Å². The van der Waals surface area contributed by atoms with Gasteiger partial charge >= 0.3 is 0 Å². The van der Waals surface area contributed by atoms with E-state index < -0.39 is 22.8 Å². The molecule has 1 atom stereocenters. The topological polar surface area (TPSA) is 120 Å². The summed E-state index contributed by atoms with van der Waals surface area (Å²) in [7, 11) is 0. The minimum absolute atomic E-state index is 0.0764. The molecule has 0 fully saturated rings. The van der Waals surface area contributed by atoms with Crippen molar-refractivity contribution in [3.05, 3.63) is 57.1 Å². The van der Waals surface area contributed by atoms with Crippen LogP contribution >= 0.6 is 11.6 Å². The van der Waals surface area contributed by atoms with Gasteiger partial charge in [0.15, 0.2) is 11.5 Å². The SMILES string of the molecule is CC(NC(=O)c1cccc([N+](=O)[O-])c1)C(=O)Nc1cc2c(cc1Cl)OCCCO2. The molecule has 10 heteroatoms. The monoisotopic (exact) mass is 419 g/mol. The number of halogens is 1. The molecule has 9 nitrogen and oxygen atoms in total. The van der Waals surface area contributed by atoms with Gasteiger partial charge in [-0.1, -0.05) is 17.7 Å². The van der Waals surface area contributed by atoms with Gasteiger partial charge in [-0.15, -0.1) is 0 Å². The molecule has 2 aromatic rings. The van der Waals surface area contributed by atoms with Crippen molar-refractivity contribution in [2.24, 2.45) is 0 Å². The van der Waals surface area contributed by atoms with Gasteiger partial charge in [0.05, 0.1) is 28.8 Å². The summed E-state index contributed by atoms with van der Waals surface area (Å²) in [5.41, 5.74) is 0.179. The first-order valence-corrected chi connectivity index (χ1v) is 9.18. The van der Waals surface area contributed by atoms with Crippen molar-refractivity contribution in [2.45, 2.75) is 19.4 Å². The molecule has 0 saturated carbocycles. The first kappa shape index (κ1) is 20.4. The maximum Gasteiger partial charge on any atom is 0.270 e. The zero-order valence-corrected chi connectivity index (χ0v) is 16.2. The summed E-state index contributed by atoms with van der Waals surface area (Å²) in [5, 5.41) is 16.2. The number of benzene rings is 2. The molecule has 2 aromatic carbocycles. The minimum atomic E-state index is -0.922. The Morgan fingerprint density at radius 1 is 1.17 bits per heavy atom. The van der Waals surface area contributed by atoms with Crippen LogP contribution in [0, 0.1) is 10.1 Å². The van der Waals surface area contributed by atoms with E-state index in [2.05, 4.69) is 10.6 Å². The van der Waals surface area contributed by atoms with Gasteiger partial charge in [0, 0.05) is 36.2 Å². The third kappa shape index (κ3) is 4.94. The predicted octanol–water partition coefficient (Wildman–Crippen LogP) is 3.17. The third-order valence-corrected chi connectivity index (χ3v) is 4.47. The van der Waals surface area contributed by atoms with E-state index in [1.807, 2.05) is 0 Å². The number of rotatable bonds is 5. The fraction of sp³-hybridized carbons (Fsp3) is 0.263. The molecule has 0 spiro atoms.